The lowest BCUT2D eigenvalue weighted by atomic mass is 9.52. The van der Waals surface area contributed by atoms with Gasteiger partial charge in [-0.3, -0.25) is 0 Å². The Labute approximate surface area is 200 Å². The van der Waals surface area contributed by atoms with Crippen molar-refractivity contribution in [1.29, 1.82) is 0 Å². The minimum Gasteiger partial charge on any atom is -0.392 e. The maximum absolute atomic E-state index is 10.9. The molecular weight excluding hydrogens is 484 g/mol. The first kappa shape index (κ1) is 21.1. The molecule has 2 unspecified atom stereocenters. The highest BCUT2D eigenvalue weighted by molar-refractivity contribution is 9.10. The summed E-state index contributed by atoms with van der Waals surface area (Å²) in [5, 5.41) is 31.3. The van der Waals surface area contributed by atoms with E-state index in [0.29, 0.717) is 29.7 Å². The largest absolute Gasteiger partial charge is 0.392 e. The summed E-state index contributed by atoms with van der Waals surface area (Å²) in [7, 11) is 0. The van der Waals surface area contributed by atoms with Gasteiger partial charge in [0.25, 0.3) is 0 Å². The summed E-state index contributed by atoms with van der Waals surface area (Å²) in [6, 6.07) is 8.15. The molecule has 4 aliphatic rings. The zero-order chi connectivity index (χ0) is 22.6. The molecule has 2 aromatic heterocycles. The molecule has 4 fully saturated rings. The molecule has 33 heavy (non-hydrogen) atoms. The van der Waals surface area contributed by atoms with Gasteiger partial charge in [0.05, 0.1) is 28.6 Å². The SMILES string of the molecule is OCc1cnn(-c2ccc(Nc3ncc(Br)c(NC4C5CC6CC4CC(O)(C6)C5)n3)cc2)c1. The Kier molecular flexibility index (Phi) is 5.15. The van der Waals surface area contributed by atoms with Gasteiger partial charge in [-0.1, -0.05) is 0 Å². The number of hydrogen-bond donors (Lipinski definition) is 4. The number of aliphatic hydroxyl groups excluding tert-OH is 1. The van der Waals surface area contributed by atoms with E-state index in [1.54, 1.807) is 23.3 Å². The molecule has 0 spiro atoms. The fourth-order valence-corrected chi connectivity index (χ4v) is 6.62. The second-order valence-electron chi connectivity index (χ2n) is 9.88. The van der Waals surface area contributed by atoms with E-state index in [2.05, 4.69) is 36.6 Å². The average Bonchev–Trinajstić information content (AvgIpc) is 3.27. The van der Waals surface area contributed by atoms with Crippen LogP contribution >= 0.6 is 15.9 Å². The third-order valence-corrected chi connectivity index (χ3v) is 8.08. The minimum absolute atomic E-state index is 0.0271. The zero-order valence-electron chi connectivity index (χ0n) is 18.2. The average molecular weight is 511 g/mol. The van der Waals surface area contributed by atoms with E-state index in [0.717, 1.165) is 46.5 Å². The van der Waals surface area contributed by atoms with Crippen molar-refractivity contribution in [3.63, 3.8) is 0 Å². The molecule has 0 aliphatic heterocycles. The molecule has 4 bridgehead atoms. The molecular formula is C24H27BrN6O2. The highest BCUT2D eigenvalue weighted by Gasteiger charge is 2.54. The minimum atomic E-state index is -0.438. The molecule has 0 radical (unpaired) electrons. The second-order valence-corrected chi connectivity index (χ2v) is 10.7. The van der Waals surface area contributed by atoms with Crippen molar-refractivity contribution in [2.45, 2.75) is 50.4 Å². The maximum atomic E-state index is 10.9. The summed E-state index contributed by atoms with van der Waals surface area (Å²) in [5.74, 6) is 3.00. The molecule has 2 heterocycles. The quantitative estimate of drug-likeness (QED) is 0.396. The fraction of sp³-hybridized carbons (Fsp3) is 0.458. The van der Waals surface area contributed by atoms with E-state index in [4.69, 9.17) is 4.98 Å². The van der Waals surface area contributed by atoms with E-state index in [1.165, 1.54) is 12.8 Å². The standard InChI is InChI=1S/C24H27BrN6O2/c25-20-11-26-23(28-18-1-3-19(4-2-18)31-12-15(13-32)10-27-31)30-22(20)29-21-16-5-14-6-17(21)9-24(33,7-14)8-16/h1-4,10-12,14,16-17,21,32-33H,5-9,13H2,(H2,26,28,29,30). The highest BCUT2D eigenvalue weighted by Crippen LogP contribution is 2.56. The lowest BCUT2D eigenvalue weighted by Gasteiger charge is -2.58. The second kappa shape index (κ2) is 8.07. The van der Waals surface area contributed by atoms with Crippen LogP contribution in [0.4, 0.5) is 17.5 Å². The first-order chi connectivity index (χ1) is 16.0. The van der Waals surface area contributed by atoms with Crippen LogP contribution in [0.3, 0.4) is 0 Å². The van der Waals surface area contributed by atoms with Gasteiger partial charge in [0.15, 0.2) is 0 Å². The van der Waals surface area contributed by atoms with Crippen LogP contribution in [0.5, 0.6) is 0 Å². The van der Waals surface area contributed by atoms with Crippen LogP contribution in [-0.2, 0) is 6.61 Å². The van der Waals surface area contributed by atoms with Crippen LogP contribution in [0, 0.1) is 17.8 Å². The summed E-state index contributed by atoms with van der Waals surface area (Å²) in [6.45, 7) is -0.0271. The Morgan fingerprint density at radius 1 is 1.09 bits per heavy atom. The molecule has 1 aromatic carbocycles. The summed E-state index contributed by atoms with van der Waals surface area (Å²) in [6.07, 6.45) is 10.4. The number of rotatable bonds is 6. The van der Waals surface area contributed by atoms with E-state index in [-0.39, 0.29) is 6.61 Å². The predicted octanol–water partition coefficient (Wildman–Crippen LogP) is 4.01. The molecule has 172 valence electrons. The summed E-state index contributed by atoms with van der Waals surface area (Å²) in [4.78, 5) is 9.17. The summed E-state index contributed by atoms with van der Waals surface area (Å²) < 4.78 is 2.57. The summed E-state index contributed by atoms with van der Waals surface area (Å²) >= 11 is 3.60. The third kappa shape index (κ3) is 4.02. The molecule has 4 N–H and O–H groups in total. The molecule has 0 saturated heterocycles. The highest BCUT2D eigenvalue weighted by atomic mass is 79.9. The lowest BCUT2D eigenvalue weighted by molar-refractivity contribution is -0.129. The Balaban J connectivity index is 1.17. The van der Waals surface area contributed by atoms with Gasteiger partial charge in [-0.15, -0.1) is 0 Å². The number of aromatic nitrogens is 4. The van der Waals surface area contributed by atoms with Crippen LogP contribution in [-0.4, -0.2) is 41.6 Å². The van der Waals surface area contributed by atoms with Crippen molar-refractivity contribution >= 4 is 33.4 Å². The molecule has 0 amide bonds. The van der Waals surface area contributed by atoms with Gasteiger partial charge in [0.1, 0.15) is 5.82 Å². The first-order valence-corrected chi connectivity index (χ1v) is 12.3. The van der Waals surface area contributed by atoms with Gasteiger partial charge in [0.2, 0.25) is 5.95 Å². The normalized spacial score (nSPS) is 29.9. The van der Waals surface area contributed by atoms with Crippen LogP contribution < -0.4 is 10.6 Å². The van der Waals surface area contributed by atoms with Gasteiger partial charge in [-0.05, 0) is 90.1 Å². The predicted molar refractivity (Wildman–Crippen MR) is 128 cm³/mol. The van der Waals surface area contributed by atoms with Gasteiger partial charge in [-0.25, -0.2) is 9.67 Å². The van der Waals surface area contributed by atoms with Crippen LogP contribution in [0.15, 0.2) is 47.3 Å². The Hall–Kier alpha value is -2.49. The lowest BCUT2D eigenvalue weighted by Crippen LogP contribution is -2.59. The monoisotopic (exact) mass is 510 g/mol. The Morgan fingerprint density at radius 2 is 1.85 bits per heavy atom. The van der Waals surface area contributed by atoms with Crippen molar-refractivity contribution in [3.8, 4) is 5.69 Å². The first-order valence-electron chi connectivity index (χ1n) is 11.5. The molecule has 4 saturated carbocycles. The van der Waals surface area contributed by atoms with Gasteiger partial charge >= 0.3 is 0 Å². The number of halogens is 1. The van der Waals surface area contributed by atoms with Gasteiger partial charge in [0, 0.05) is 29.7 Å². The van der Waals surface area contributed by atoms with Crippen molar-refractivity contribution in [2.75, 3.05) is 10.6 Å². The van der Waals surface area contributed by atoms with E-state index >= 15 is 0 Å². The van der Waals surface area contributed by atoms with Crippen LogP contribution in [0.2, 0.25) is 0 Å². The van der Waals surface area contributed by atoms with Crippen molar-refractivity contribution in [1.82, 2.24) is 19.7 Å². The third-order valence-electron chi connectivity index (χ3n) is 7.49. The topological polar surface area (TPSA) is 108 Å². The molecule has 8 nitrogen and oxygen atoms in total. The van der Waals surface area contributed by atoms with Crippen molar-refractivity contribution < 1.29 is 10.2 Å². The van der Waals surface area contributed by atoms with Gasteiger partial charge < -0.3 is 20.8 Å². The zero-order valence-corrected chi connectivity index (χ0v) is 19.7. The molecule has 4 aliphatic carbocycles. The molecule has 9 heteroatoms. The maximum Gasteiger partial charge on any atom is 0.229 e. The number of anilines is 3. The molecule has 7 rings (SSSR count). The number of benzene rings is 1. The van der Waals surface area contributed by atoms with E-state index < -0.39 is 5.60 Å². The Morgan fingerprint density at radius 3 is 2.52 bits per heavy atom. The van der Waals surface area contributed by atoms with Gasteiger partial charge in [-0.2, -0.15) is 10.1 Å². The van der Waals surface area contributed by atoms with Crippen LogP contribution in [0.1, 0.15) is 37.7 Å². The smallest absolute Gasteiger partial charge is 0.229 e. The van der Waals surface area contributed by atoms with E-state index in [1.807, 2.05) is 24.3 Å². The fourth-order valence-electron chi connectivity index (χ4n) is 6.31. The number of aliphatic hydroxyl groups is 2. The van der Waals surface area contributed by atoms with Crippen molar-refractivity contribution in [3.05, 3.63) is 52.9 Å². The molecule has 2 atom stereocenters. The number of hydrogen-bond acceptors (Lipinski definition) is 7. The summed E-state index contributed by atoms with van der Waals surface area (Å²) in [5.41, 5.74) is 2.11. The molecule has 3 aromatic rings. The number of nitrogens with one attached hydrogen (secondary N) is 2. The van der Waals surface area contributed by atoms with Crippen molar-refractivity contribution in [2.24, 2.45) is 17.8 Å². The van der Waals surface area contributed by atoms with Crippen LogP contribution in [0.25, 0.3) is 5.69 Å². The number of nitrogens with zero attached hydrogens (tertiary/aromatic N) is 4. The van der Waals surface area contributed by atoms with E-state index in [9.17, 15) is 10.2 Å². The Bertz CT molecular complexity index is 1150.